The van der Waals surface area contributed by atoms with E-state index in [4.69, 9.17) is 11.6 Å². The molecule has 1 atom stereocenters. The maximum Gasteiger partial charge on any atom is 0.300 e. The van der Waals surface area contributed by atoms with Gasteiger partial charge in [-0.25, -0.2) is 0 Å². The zero-order valence-electron chi connectivity index (χ0n) is 20.3. The van der Waals surface area contributed by atoms with Crippen molar-refractivity contribution in [2.24, 2.45) is 0 Å². The van der Waals surface area contributed by atoms with Crippen LogP contribution < -0.4 is 4.90 Å². The van der Waals surface area contributed by atoms with Crippen molar-refractivity contribution in [1.82, 2.24) is 0 Å². The third-order valence-electron chi connectivity index (χ3n) is 6.68. The van der Waals surface area contributed by atoms with Crippen molar-refractivity contribution in [2.45, 2.75) is 32.2 Å². The minimum Gasteiger partial charge on any atom is -0.507 e. The SMILES string of the molecule is CC(C)(C)c1ccc(C2/C(=C(\O)c3ccc(Cl)cc3)C(=O)C(=O)N2c2cccc3ccccc23)cc1. The standard InChI is InChI=1S/C31H26ClNO3/c1-31(2,3)22-15-11-20(12-16-22)27-26(28(34)21-13-17-23(32)18-14-21)29(35)30(36)33(27)25-10-6-8-19-7-4-5-9-24(19)25/h4-18,27,34H,1-3H3/b28-26+. The summed E-state index contributed by atoms with van der Waals surface area (Å²) in [5, 5.41) is 13.6. The number of aliphatic hydroxyl groups is 1. The van der Waals surface area contributed by atoms with Crippen molar-refractivity contribution in [3.8, 4) is 0 Å². The molecule has 1 fully saturated rings. The molecule has 0 saturated carbocycles. The monoisotopic (exact) mass is 495 g/mol. The first-order valence-electron chi connectivity index (χ1n) is 11.8. The molecular weight excluding hydrogens is 470 g/mol. The topological polar surface area (TPSA) is 57.6 Å². The molecule has 1 N–H and O–H groups in total. The minimum absolute atomic E-state index is 0.0544. The van der Waals surface area contributed by atoms with Crippen LogP contribution in [0.25, 0.3) is 16.5 Å². The van der Waals surface area contributed by atoms with Crippen LogP contribution in [0.1, 0.15) is 43.5 Å². The van der Waals surface area contributed by atoms with E-state index in [1.165, 1.54) is 4.90 Å². The Morgan fingerprint density at radius 2 is 1.47 bits per heavy atom. The molecule has 0 aromatic heterocycles. The summed E-state index contributed by atoms with van der Waals surface area (Å²) >= 11 is 6.04. The molecule has 1 saturated heterocycles. The van der Waals surface area contributed by atoms with Crippen LogP contribution in [-0.2, 0) is 15.0 Å². The average Bonchev–Trinajstić information content (AvgIpc) is 3.13. The maximum absolute atomic E-state index is 13.6. The Kier molecular flexibility index (Phi) is 5.93. The molecule has 0 aliphatic carbocycles. The van der Waals surface area contributed by atoms with E-state index < -0.39 is 17.7 Å². The van der Waals surface area contributed by atoms with Gasteiger partial charge in [0.05, 0.1) is 17.3 Å². The van der Waals surface area contributed by atoms with Gasteiger partial charge in [0.1, 0.15) is 5.76 Å². The van der Waals surface area contributed by atoms with Gasteiger partial charge < -0.3 is 5.11 Å². The van der Waals surface area contributed by atoms with Crippen LogP contribution >= 0.6 is 11.6 Å². The summed E-state index contributed by atoms with van der Waals surface area (Å²) in [7, 11) is 0. The molecule has 1 aliphatic heterocycles. The highest BCUT2D eigenvalue weighted by molar-refractivity contribution is 6.52. The number of carbonyl (C=O) groups is 2. The van der Waals surface area contributed by atoms with Gasteiger partial charge in [-0.05, 0) is 52.3 Å². The Morgan fingerprint density at radius 1 is 0.833 bits per heavy atom. The number of hydrogen-bond donors (Lipinski definition) is 1. The molecule has 1 amide bonds. The van der Waals surface area contributed by atoms with Gasteiger partial charge in [-0.3, -0.25) is 14.5 Å². The molecular formula is C31H26ClNO3. The van der Waals surface area contributed by atoms with Crippen LogP contribution in [0.2, 0.25) is 5.02 Å². The summed E-state index contributed by atoms with van der Waals surface area (Å²) in [6.45, 7) is 6.39. The number of benzene rings is 4. The highest BCUT2D eigenvalue weighted by Gasteiger charge is 2.47. The quantitative estimate of drug-likeness (QED) is 0.183. The molecule has 4 aromatic rings. The van der Waals surface area contributed by atoms with E-state index >= 15 is 0 Å². The van der Waals surface area contributed by atoms with E-state index in [9.17, 15) is 14.7 Å². The lowest BCUT2D eigenvalue weighted by Gasteiger charge is -2.27. The molecule has 180 valence electrons. The van der Waals surface area contributed by atoms with Crippen molar-refractivity contribution in [3.63, 3.8) is 0 Å². The van der Waals surface area contributed by atoms with E-state index in [0.717, 1.165) is 21.9 Å². The number of carbonyl (C=O) groups excluding carboxylic acids is 2. The molecule has 4 nitrogen and oxygen atoms in total. The predicted octanol–water partition coefficient (Wildman–Crippen LogP) is 7.42. The number of nitrogens with zero attached hydrogens (tertiary/aromatic N) is 1. The van der Waals surface area contributed by atoms with Gasteiger partial charge in [0, 0.05) is 16.0 Å². The zero-order chi connectivity index (χ0) is 25.6. The molecule has 1 aliphatic rings. The smallest absolute Gasteiger partial charge is 0.300 e. The average molecular weight is 496 g/mol. The fourth-order valence-corrected chi connectivity index (χ4v) is 4.87. The third-order valence-corrected chi connectivity index (χ3v) is 6.93. The number of aliphatic hydroxyl groups excluding tert-OH is 1. The van der Waals surface area contributed by atoms with E-state index in [1.807, 2.05) is 66.7 Å². The van der Waals surface area contributed by atoms with Gasteiger partial charge in [-0.15, -0.1) is 0 Å². The molecule has 0 bridgehead atoms. The fraction of sp³-hybridized carbons (Fsp3) is 0.161. The van der Waals surface area contributed by atoms with Gasteiger partial charge >= 0.3 is 0 Å². The first kappa shape index (κ1) is 23.8. The largest absolute Gasteiger partial charge is 0.507 e. The summed E-state index contributed by atoms with van der Waals surface area (Å²) in [6.07, 6.45) is 0. The van der Waals surface area contributed by atoms with Crippen LogP contribution in [0.15, 0.2) is 96.6 Å². The van der Waals surface area contributed by atoms with Crippen LogP contribution in [-0.4, -0.2) is 16.8 Å². The van der Waals surface area contributed by atoms with Crippen molar-refractivity contribution < 1.29 is 14.7 Å². The van der Waals surface area contributed by atoms with Crippen molar-refractivity contribution in [1.29, 1.82) is 0 Å². The lowest BCUT2D eigenvalue weighted by molar-refractivity contribution is -0.132. The lowest BCUT2D eigenvalue weighted by Crippen LogP contribution is -2.29. The molecule has 0 radical (unpaired) electrons. The van der Waals surface area contributed by atoms with Crippen LogP contribution in [0.4, 0.5) is 5.69 Å². The van der Waals surface area contributed by atoms with E-state index in [-0.39, 0.29) is 16.7 Å². The lowest BCUT2D eigenvalue weighted by atomic mass is 9.85. The Balaban J connectivity index is 1.75. The maximum atomic E-state index is 13.6. The molecule has 5 heteroatoms. The number of Topliss-reactive ketones (excluding diaryl/α,β-unsaturated/α-hetero) is 1. The Labute approximate surface area is 215 Å². The molecule has 1 unspecified atom stereocenters. The van der Waals surface area contributed by atoms with E-state index in [1.54, 1.807) is 24.3 Å². The number of anilines is 1. The van der Waals surface area contributed by atoms with Crippen molar-refractivity contribution in [2.75, 3.05) is 4.90 Å². The number of hydrogen-bond acceptors (Lipinski definition) is 3. The summed E-state index contributed by atoms with van der Waals surface area (Å²) in [5.41, 5.74) is 2.91. The second-order valence-electron chi connectivity index (χ2n) is 10.0. The summed E-state index contributed by atoms with van der Waals surface area (Å²) < 4.78 is 0. The number of amides is 1. The summed E-state index contributed by atoms with van der Waals surface area (Å²) in [6, 6.07) is 27.1. The first-order chi connectivity index (χ1) is 17.2. The molecule has 0 spiro atoms. The zero-order valence-corrected chi connectivity index (χ0v) is 21.1. The second kappa shape index (κ2) is 8.96. The molecule has 5 rings (SSSR count). The minimum atomic E-state index is -0.791. The van der Waals surface area contributed by atoms with Gasteiger partial charge in [-0.2, -0.15) is 0 Å². The second-order valence-corrected chi connectivity index (χ2v) is 10.5. The van der Waals surface area contributed by atoms with E-state index in [0.29, 0.717) is 16.3 Å². The Morgan fingerprint density at radius 3 is 2.14 bits per heavy atom. The molecule has 4 aromatic carbocycles. The molecule has 1 heterocycles. The number of fused-ring (bicyclic) bond motifs is 1. The van der Waals surface area contributed by atoms with Crippen molar-refractivity contribution >= 4 is 45.5 Å². The molecule has 36 heavy (non-hydrogen) atoms. The summed E-state index contributed by atoms with van der Waals surface area (Å²) in [5.74, 6) is -1.62. The highest BCUT2D eigenvalue weighted by Crippen LogP contribution is 2.44. The predicted molar refractivity (Wildman–Crippen MR) is 145 cm³/mol. The number of ketones is 1. The highest BCUT2D eigenvalue weighted by atomic mass is 35.5. The fourth-order valence-electron chi connectivity index (χ4n) is 4.74. The van der Waals surface area contributed by atoms with Gasteiger partial charge in [0.25, 0.3) is 11.7 Å². The van der Waals surface area contributed by atoms with Crippen LogP contribution in [0.5, 0.6) is 0 Å². The summed E-state index contributed by atoms with van der Waals surface area (Å²) in [4.78, 5) is 28.6. The third kappa shape index (κ3) is 4.08. The number of rotatable bonds is 3. The van der Waals surface area contributed by atoms with Gasteiger partial charge in [0.15, 0.2) is 0 Å². The van der Waals surface area contributed by atoms with Gasteiger partial charge in [0.2, 0.25) is 0 Å². The van der Waals surface area contributed by atoms with E-state index in [2.05, 4.69) is 20.8 Å². The van der Waals surface area contributed by atoms with Crippen LogP contribution in [0, 0.1) is 0 Å². The number of halogens is 1. The van der Waals surface area contributed by atoms with Crippen molar-refractivity contribution in [3.05, 3.63) is 118 Å². The Hall–Kier alpha value is -3.89. The normalized spacial score (nSPS) is 17.7. The Bertz CT molecular complexity index is 1510. The van der Waals surface area contributed by atoms with Crippen LogP contribution in [0.3, 0.4) is 0 Å². The van der Waals surface area contributed by atoms with Gasteiger partial charge in [-0.1, -0.05) is 93.0 Å². The first-order valence-corrected chi connectivity index (χ1v) is 12.2.